The van der Waals surface area contributed by atoms with Crippen LogP contribution in [0.4, 0.5) is 5.69 Å². The third-order valence-electron chi connectivity index (χ3n) is 3.96. The molecule has 1 aromatic carbocycles. The van der Waals surface area contributed by atoms with Crippen molar-refractivity contribution in [2.45, 2.75) is 31.6 Å². The molecule has 0 spiro atoms. The molecule has 2 fully saturated rings. The van der Waals surface area contributed by atoms with Crippen molar-refractivity contribution in [2.24, 2.45) is 10.9 Å². The number of thioether (sulfide) groups is 1. The second kappa shape index (κ2) is 6.69. The average molecular weight is 387 g/mol. The molecule has 0 bridgehead atoms. The number of carbonyl (C=O) groups excluding carboxylic acids is 1. The Labute approximate surface area is 151 Å². The first-order valence-corrected chi connectivity index (χ1v) is 10.9. The van der Waals surface area contributed by atoms with Gasteiger partial charge in [-0.25, -0.2) is 8.42 Å². The predicted molar refractivity (Wildman–Crippen MR) is 99.6 cm³/mol. The number of halogens is 1. The summed E-state index contributed by atoms with van der Waals surface area (Å²) in [7, 11) is -3.06. The Bertz CT molecular complexity index is 792. The maximum absolute atomic E-state index is 12.1. The summed E-state index contributed by atoms with van der Waals surface area (Å²) in [5.41, 5.74) is 0.774. The topological polar surface area (TPSA) is 66.8 Å². The van der Waals surface area contributed by atoms with E-state index in [-0.39, 0.29) is 34.6 Å². The van der Waals surface area contributed by atoms with Gasteiger partial charge in [-0.2, -0.15) is 4.99 Å². The lowest BCUT2D eigenvalue weighted by molar-refractivity contribution is -0.118. The molecule has 2 saturated heterocycles. The van der Waals surface area contributed by atoms with Gasteiger partial charge in [0.2, 0.25) is 5.91 Å². The molecule has 2 aliphatic rings. The molecule has 0 radical (unpaired) electrons. The number of hydrogen-bond donors (Lipinski definition) is 0. The van der Waals surface area contributed by atoms with Crippen molar-refractivity contribution in [3.05, 3.63) is 29.3 Å². The highest BCUT2D eigenvalue weighted by Gasteiger charge is 2.49. The molecule has 2 atom stereocenters. The Hall–Kier alpha value is -1.05. The first kappa shape index (κ1) is 17.8. The van der Waals surface area contributed by atoms with Gasteiger partial charge in [0.1, 0.15) is 0 Å². The van der Waals surface area contributed by atoms with Crippen molar-refractivity contribution in [1.82, 2.24) is 0 Å². The predicted octanol–water partition coefficient (Wildman–Crippen LogP) is 2.99. The van der Waals surface area contributed by atoms with Gasteiger partial charge in [0.25, 0.3) is 0 Å². The zero-order chi connectivity index (χ0) is 17.5. The minimum Gasteiger partial charge on any atom is -0.316 e. The first-order valence-electron chi connectivity index (χ1n) is 7.78. The SMILES string of the molecule is CC(C)CC(=O)N=C1S[C@@H]2CS(=O)(=O)C[C@H]2N1c1cccc(Cl)c1. The Morgan fingerprint density at radius 1 is 1.42 bits per heavy atom. The molecular weight excluding hydrogens is 368 g/mol. The second-order valence-electron chi connectivity index (χ2n) is 6.54. The minimum absolute atomic E-state index is 0.0779. The number of sulfone groups is 1. The van der Waals surface area contributed by atoms with Crippen molar-refractivity contribution >= 4 is 50.0 Å². The van der Waals surface area contributed by atoms with E-state index < -0.39 is 9.84 Å². The summed E-state index contributed by atoms with van der Waals surface area (Å²) >= 11 is 7.47. The quantitative estimate of drug-likeness (QED) is 0.798. The van der Waals surface area contributed by atoms with Gasteiger partial charge in [-0.15, -0.1) is 0 Å². The van der Waals surface area contributed by atoms with Crippen molar-refractivity contribution < 1.29 is 13.2 Å². The summed E-state index contributed by atoms with van der Waals surface area (Å²) in [4.78, 5) is 18.3. The second-order valence-corrected chi connectivity index (χ2v) is 10.3. The van der Waals surface area contributed by atoms with E-state index in [2.05, 4.69) is 4.99 Å². The summed E-state index contributed by atoms with van der Waals surface area (Å²) in [5, 5.41) is 1.04. The van der Waals surface area contributed by atoms with Gasteiger partial charge in [-0.05, 0) is 24.1 Å². The standard InChI is InChI=1S/C16H19ClN2O3S2/c1-10(2)6-15(20)18-16-19(12-5-3-4-11(17)7-12)13-8-24(21,22)9-14(13)23-16/h3-5,7,10,13-14H,6,8-9H2,1-2H3/t13-,14-/m1/s1. The molecular formula is C16H19ClN2O3S2. The van der Waals surface area contributed by atoms with Crippen LogP contribution in [0.2, 0.25) is 5.02 Å². The Morgan fingerprint density at radius 3 is 2.83 bits per heavy atom. The highest BCUT2D eigenvalue weighted by molar-refractivity contribution is 8.16. The van der Waals surface area contributed by atoms with Crippen LogP contribution in [0.1, 0.15) is 20.3 Å². The van der Waals surface area contributed by atoms with Gasteiger partial charge in [0.15, 0.2) is 15.0 Å². The summed E-state index contributed by atoms with van der Waals surface area (Å²) in [5.74, 6) is 0.251. The maximum atomic E-state index is 12.1. The van der Waals surface area contributed by atoms with E-state index in [1.54, 1.807) is 12.1 Å². The smallest absolute Gasteiger partial charge is 0.248 e. The van der Waals surface area contributed by atoms with Gasteiger partial charge in [0.05, 0.1) is 17.5 Å². The zero-order valence-electron chi connectivity index (χ0n) is 13.5. The summed E-state index contributed by atoms with van der Waals surface area (Å²) < 4.78 is 24.0. The lowest BCUT2D eigenvalue weighted by Crippen LogP contribution is -2.37. The molecule has 8 heteroatoms. The first-order chi connectivity index (χ1) is 11.2. The van der Waals surface area contributed by atoms with Crippen molar-refractivity contribution in [1.29, 1.82) is 0 Å². The lowest BCUT2D eigenvalue weighted by atomic mass is 10.1. The zero-order valence-corrected chi connectivity index (χ0v) is 15.9. The van der Waals surface area contributed by atoms with E-state index in [9.17, 15) is 13.2 Å². The van der Waals surface area contributed by atoms with Crippen molar-refractivity contribution in [3.8, 4) is 0 Å². The minimum atomic E-state index is -3.06. The van der Waals surface area contributed by atoms with Crippen LogP contribution in [0.5, 0.6) is 0 Å². The number of nitrogens with zero attached hydrogens (tertiary/aromatic N) is 2. The van der Waals surface area contributed by atoms with Crippen LogP contribution >= 0.6 is 23.4 Å². The Kier molecular flexibility index (Phi) is 4.95. The van der Waals surface area contributed by atoms with Crippen LogP contribution in [-0.4, -0.2) is 42.3 Å². The number of carbonyl (C=O) groups is 1. The van der Waals surface area contributed by atoms with E-state index in [1.807, 2.05) is 30.9 Å². The summed E-state index contributed by atoms with van der Waals surface area (Å²) in [6, 6.07) is 7.01. The van der Waals surface area contributed by atoms with Crippen LogP contribution < -0.4 is 4.90 Å². The Balaban J connectivity index is 1.97. The normalized spacial score (nSPS) is 27.0. The molecule has 130 valence electrons. The molecule has 0 unspecified atom stereocenters. The molecule has 1 aromatic rings. The average Bonchev–Trinajstić information content (AvgIpc) is 2.88. The van der Waals surface area contributed by atoms with Gasteiger partial charge in [0, 0.05) is 22.4 Å². The highest BCUT2D eigenvalue weighted by atomic mass is 35.5. The summed E-state index contributed by atoms with van der Waals surface area (Å²) in [6.45, 7) is 3.94. The van der Waals surface area contributed by atoms with Crippen molar-refractivity contribution in [3.63, 3.8) is 0 Å². The van der Waals surface area contributed by atoms with E-state index in [0.717, 1.165) is 5.69 Å². The molecule has 0 saturated carbocycles. The van der Waals surface area contributed by atoms with Crippen molar-refractivity contribution in [2.75, 3.05) is 16.4 Å². The van der Waals surface area contributed by atoms with E-state index >= 15 is 0 Å². The highest BCUT2D eigenvalue weighted by Crippen LogP contribution is 2.41. The van der Waals surface area contributed by atoms with Gasteiger partial charge in [-0.1, -0.05) is 43.3 Å². The fourth-order valence-corrected chi connectivity index (χ4v) is 7.11. The largest absolute Gasteiger partial charge is 0.316 e. The fourth-order valence-electron chi connectivity index (χ4n) is 2.99. The number of benzene rings is 1. The number of amides is 1. The lowest BCUT2D eigenvalue weighted by Gasteiger charge is -2.24. The maximum Gasteiger partial charge on any atom is 0.248 e. The number of rotatable bonds is 3. The molecule has 1 amide bonds. The number of anilines is 1. The van der Waals surface area contributed by atoms with Crippen LogP contribution in [-0.2, 0) is 14.6 Å². The number of aliphatic imine (C=N–C) groups is 1. The van der Waals surface area contributed by atoms with E-state index in [1.165, 1.54) is 11.8 Å². The molecule has 2 aliphatic heterocycles. The molecule has 5 nitrogen and oxygen atoms in total. The molecule has 0 aliphatic carbocycles. The van der Waals surface area contributed by atoms with Crippen LogP contribution in [0.3, 0.4) is 0 Å². The van der Waals surface area contributed by atoms with Gasteiger partial charge in [-0.3, -0.25) is 4.79 Å². The number of fused-ring (bicyclic) bond motifs is 1. The van der Waals surface area contributed by atoms with E-state index in [0.29, 0.717) is 16.6 Å². The molecule has 2 heterocycles. The van der Waals surface area contributed by atoms with Gasteiger partial charge < -0.3 is 4.90 Å². The van der Waals surface area contributed by atoms with Crippen LogP contribution in [0.25, 0.3) is 0 Å². The third kappa shape index (κ3) is 3.78. The number of hydrogen-bond acceptors (Lipinski definition) is 4. The monoisotopic (exact) mass is 386 g/mol. The molecule has 0 N–H and O–H groups in total. The number of amidine groups is 1. The molecule has 0 aromatic heterocycles. The summed E-state index contributed by atoms with van der Waals surface area (Å²) in [6.07, 6.45) is 0.376. The third-order valence-corrected chi connectivity index (χ3v) is 7.40. The Morgan fingerprint density at radius 2 is 2.17 bits per heavy atom. The molecule has 24 heavy (non-hydrogen) atoms. The van der Waals surface area contributed by atoms with Gasteiger partial charge >= 0.3 is 0 Å². The van der Waals surface area contributed by atoms with Crippen LogP contribution in [0.15, 0.2) is 29.3 Å². The molecule has 3 rings (SSSR count). The van der Waals surface area contributed by atoms with Crippen LogP contribution in [0, 0.1) is 5.92 Å². The van der Waals surface area contributed by atoms with E-state index in [4.69, 9.17) is 11.6 Å². The fraction of sp³-hybridized carbons (Fsp3) is 0.500.